The van der Waals surface area contributed by atoms with E-state index in [2.05, 4.69) is 17.2 Å². The number of fused-ring (bicyclic) bond motifs is 1. The van der Waals surface area contributed by atoms with E-state index < -0.39 is 0 Å². The van der Waals surface area contributed by atoms with Crippen molar-refractivity contribution in [1.82, 2.24) is 4.98 Å². The maximum atomic E-state index is 12.2. The van der Waals surface area contributed by atoms with Crippen LogP contribution in [0.5, 0.6) is 5.75 Å². The van der Waals surface area contributed by atoms with Gasteiger partial charge in [0.05, 0.1) is 11.8 Å². The number of rotatable bonds is 7. The van der Waals surface area contributed by atoms with Gasteiger partial charge in [0.15, 0.2) is 10.9 Å². The highest BCUT2D eigenvalue weighted by Crippen LogP contribution is 2.32. The van der Waals surface area contributed by atoms with E-state index in [9.17, 15) is 9.59 Å². The Balaban J connectivity index is 1.59. The number of carbonyl (C=O) groups is 2. The van der Waals surface area contributed by atoms with Crippen molar-refractivity contribution in [2.75, 3.05) is 12.4 Å². The third-order valence-electron chi connectivity index (χ3n) is 4.11. The molecule has 0 saturated carbocycles. The molecule has 1 N–H and O–H groups in total. The number of thiazole rings is 1. The second-order valence-corrected chi connectivity index (χ2v) is 6.88. The number of ether oxygens (including phenoxy) is 1. The van der Waals surface area contributed by atoms with E-state index >= 15 is 0 Å². The predicted octanol–water partition coefficient (Wildman–Crippen LogP) is 4.47. The number of aromatic nitrogens is 1. The van der Waals surface area contributed by atoms with Gasteiger partial charge in [0.25, 0.3) is 0 Å². The molecule has 3 rings (SSSR count). The fourth-order valence-electron chi connectivity index (χ4n) is 2.62. The first-order chi connectivity index (χ1) is 12.6. The van der Waals surface area contributed by atoms with Gasteiger partial charge < -0.3 is 10.1 Å². The zero-order valence-electron chi connectivity index (χ0n) is 14.7. The largest absolute Gasteiger partial charge is 0.494 e. The van der Waals surface area contributed by atoms with Gasteiger partial charge in [0, 0.05) is 18.4 Å². The van der Waals surface area contributed by atoms with Crippen molar-refractivity contribution in [2.45, 2.75) is 26.2 Å². The van der Waals surface area contributed by atoms with Gasteiger partial charge in [0.1, 0.15) is 11.3 Å². The molecule has 0 bridgehead atoms. The topological polar surface area (TPSA) is 68.3 Å². The van der Waals surface area contributed by atoms with Crippen LogP contribution in [0.25, 0.3) is 10.2 Å². The van der Waals surface area contributed by atoms with E-state index in [0.29, 0.717) is 16.4 Å². The lowest BCUT2D eigenvalue weighted by atomic mass is 10.0. The van der Waals surface area contributed by atoms with Gasteiger partial charge >= 0.3 is 0 Å². The normalized spacial score (nSPS) is 10.7. The minimum Gasteiger partial charge on any atom is -0.494 e. The van der Waals surface area contributed by atoms with Crippen molar-refractivity contribution in [2.24, 2.45) is 0 Å². The van der Waals surface area contributed by atoms with Crippen LogP contribution in [0.1, 0.15) is 35.7 Å². The summed E-state index contributed by atoms with van der Waals surface area (Å²) in [5.74, 6) is 0.417. The van der Waals surface area contributed by atoms with Crippen LogP contribution in [0, 0.1) is 0 Å². The Morgan fingerprint density at radius 3 is 2.58 bits per heavy atom. The summed E-state index contributed by atoms with van der Waals surface area (Å²) in [5.41, 5.74) is 2.55. The molecule has 0 aliphatic heterocycles. The third-order valence-corrected chi connectivity index (χ3v) is 5.05. The zero-order chi connectivity index (χ0) is 18.5. The van der Waals surface area contributed by atoms with Crippen molar-refractivity contribution < 1.29 is 14.3 Å². The van der Waals surface area contributed by atoms with Crippen LogP contribution in [0.2, 0.25) is 0 Å². The molecular formula is C20H20N2O3S. The van der Waals surface area contributed by atoms with Gasteiger partial charge in [-0.05, 0) is 24.1 Å². The summed E-state index contributed by atoms with van der Waals surface area (Å²) >= 11 is 1.38. The Bertz CT molecular complexity index is 932. The summed E-state index contributed by atoms with van der Waals surface area (Å²) in [6.07, 6.45) is 1.23. The number of benzene rings is 2. The van der Waals surface area contributed by atoms with Gasteiger partial charge in [-0.25, -0.2) is 4.98 Å². The smallest absolute Gasteiger partial charge is 0.226 e. The summed E-state index contributed by atoms with van der Waals surface area (Å²) < 4.78 is 6.21. The molecule has 1 amide bonds. The van der Waals surface area contributed by atoms with Crippen molar-refractivity contribution in [1.29, 1.82) is 0 Å². The van der Waals surface area contributed by atoms with E-state index in [1.54, 1.807) is 7.11 Å². The number of nitrogens with zero attached hydrogens (tertiary/aromatic N) is 1. The van der Waals surface area contributed by atoms with E-state index in [-0.39, 0.29) is 24.5 Å². The van der Waals surface area contributed by atoms with Gasteiger partial charge in [-0.15, -0.1) is 0 Å². The molecule has 1 heterocycles. The Kier molecular flexibility index (Phi) is 5.63. The van der Waals surface area contributed by atoms with Crippen LogP contribution in [0.3, 0.4) is 0 Å². The van der Waals surface area contributed by atoms with Crippen LogP contribution in [-0.2, 0) is 11.2 Å². The lowest BCUT2D eigenvalue weighted by Gasteiger charge is -2.03. The maximum absolute atomic E-state index is 12.2. The molecule has 3 aromatic rings. The van der Waals surface area contributed by atoms with Gasteiger partial charge in [-0.3, -0.25) is 9.59 Å². The van der Waals surface area contributed by atoms with Crippen LogP contribution in [0.4, 0.5) is 5.13 Å². The maximum Gasteiger partial charge on any atom is 0.226 e. The third kappa shape index (κ3) is 4.08. The highest BCUT2D eigenvalue weighted by molar-refractivity contribution is 7.22. The van der Waals surface area contributed by atoms with Crippen molar-refractivity contribution in [3.63, 3.8) is 0 Å². The Morgan fingerprint density at radius 1 is 1.12 bits per heavy atom. The molecule has 2 aromatic carbocycles. The standard InChI is InChI=1S/C20H20N2O3S/c1-3-13-7-9-14(10-8-13)15(23)11-12-18(24)21-20-22-19-16(25-2)5-4-6-17(19)26-20/h4-10H,3,11-12H2,1-2H3,(H,21,22,24). The second-order valence-electron chi connectivity index (χ2n) is 5.85. The number of hydrogen-bond acceptors (Lipinski definition) is 5. The van der Waals surface area contributed by atoms with Gasteiger partial charge in [-0.1, -0.05) is 48.6 Å². The fourth-order valence-corrected chi connectivity index (χ4v) is 3.52. The fraction of sp³-hybridized carbons (Fsp3) is 0.250. The molecule has 5 nitrogen and oxygen atoms in total. The van der Waals surface area contributed by atoms with Crippen LogP contribution < -0.4 is 10.1 Å². The molecule has 0 unspecified atom stereocenters. The highest BCUT2D eigenvalue weighted by Gasteiger charge is 2.13. The zero-order valence-corrected chi connectivity index (χ0v) is 15.6. The summed E-state index contributed by atoms with van der Waals surface area (Å²) in [5, 5.41) is 3.28. The second kappa shape index (κ2) is 8.10. The molecule has 0 fully saturated rings. The average Bonchev–Trinajstić information content (AvgIpc) is 3.08. The number of anilines is 1. The Morgan fingerprint density at radius 2 is 1.88 bits per heavy atom. The summed E-state index contributed by atoms with van der Waals surface area (Å²) in [6.45, 7) is 2.07. The number of amides is 1. The number of methoxy groups -OCH3 is 1. The number of para-hydroxylation sites is 1. The van der Waals surface area contributed by atoms with E-state index in [1.807, 2.05) is 42.5 Å². The van der Waals surface area contributed by atoms with Crippen LogP contribution in [0.15, 0.2) is 42.5 Å². The molecule has 0 aliphatic carbocycles. The first-order valence-corrected chi connectivity index (χ1v) is 9.28. The van der Waals surface area contributed by atoms with Gasteiger partial charge in [-0.2, -0.15) is 0 Å². The number of hydrogen-bond donors (Lipinski definition) is 1. The molecule has 26 heavy (non-hydrogen) atoms. The van der Waals surface area contributed by atoms with Gasteiger partial charge in [0.2, 0.25) is 5.91 Å². The molecule has 0 spiro atoms. The average molecular weight is 368 g/mol. The molecule has 0 radical (unpaired) electrons. The number of carbonyl (C=O) groups excluding carboxylic acids is 2. The highest BCUT2D eigenvalue weighted by atomic mass is 32.1. The minimum atomic E-state index is -0.221. The first kappa shape index (κ1) is 18.1. The Labute approximate surface area is 156 Å². The molecule has 6 heteroatoms. The lowest BCUT2D eigenvalue weighted by Crippen LogP contribution is -2.13. The molecule has 1 aromatic heterocycles. The summed E-state index contributed by atoms with van der Waals surface area (Å²) in [4.78, 5) is 28.8. The molecular weight excluding hydrogens is 348 g/mol. The molecule has 134 valence electrons. The monoisotopic (exact) mass is 368 g/mol. The first-order valence-electron chi connectivity index (χ1n) is 8.46. The van der Waals surface area contributed by atoms with Crippen molar-refractivity contribution >= 4 is 38.4 Å². The lowest BCUT2D eigenvalue weighted by molar-refractivity contribution is -0.116. The number of nitrogens with one attached hydrogen (secondary N) is 1. The van der Waals surface area contributed by atoms with Crippen LogP contribution >= 0.6 is 11.3 Å². The van der Waals surface area contributed by atoms with E-state index in [4.69, 9.17) is 4.74 Å². The SMILES string of the molecule is CCc1ccc(C(=O)CCC(=O)Nc2nc3c(OC)cccc3s2)cc1. The molecule has 0 aliphatic rings. The predicted molar refractivity (Wildman–Crippen MR) is 104 cm³/mol. The molecule has 0 atom stereocenters. The minimum absolute atomic E-state index is 0.0335. The summed E-state index contributed by atoms with van der Waals surface area (Å²) in [7, 11) is 1.59. The summed E-state index contributed by atoms with van der Waals surface area (Å²) in [6, 6.07) is 13.2. The Hall–Kier alpha value is -2.73. The number of Topliss-reactive ketones (excluding diaryl/α,β-unsaturated/α-hetero) is 1. The number of ketones is 1. The van der Waals surface area contributed by atoms with E-state index in [0.717, 1.165) is 16.6 Å². The van der Waals surface area contributed by atoms with Crippen LogP contribution in [-0.4, -0.2) is 23.8 Å². The van der Waals surface area contributed by atoms with Crippen molar-refractivity contribution in [3.05, 3.63) is 53.6 Å². The quantitative estimate of drug-likeness (QED) is 0.625. The number of aryl methyl sites for hydroxylation is 1. The van der Waals surface area contributed by atoms with E-state index in [1.165, 1.54) is 16.9 Å². The molecule has 0 saturated heterocycles. The van der Waals surface area contributed by atoms with Crippen molar-refractivity contribution in [3.8, 4) is 5.75 Å².